The Morgan fingerprint density at radius 3 is 2.56 bits per heavy atom. The van der Waals surface area contributed by atoms with E-state index >= 15 is 0 Å². The molecule has 1 aliphatic heterocycles. The molecule has 0 unspecified atom stereocenters. The first kappa shape index (κ1) is 17.3. The number of hydrogen-bond acceptors (Lipinski definition) is 2. The average molecular weight is 342 g/mol. The highest BCUT2D eigenvalue weighted by Crippen LogP contribution is 2.23. The van der Waals surface area contributed by atoms with E-state index in [0.717, 1.165) is 25.1 Å². The normalized spacial score (nSPS) is 16.2. The number of nitrogens with zero attached hydrogens (tertiary/aromatic N) is 1. The van der Waals surface area contributed by atoms with Crippen LogP contribution in [0.5, 0.6) is 0 Å². The fourth-order valence-corrected chi connectivity index (χ4v) is 2.94. The van der Waals surface area contributed by atoms with Gasteiger partial charge in [-0.05, 0) is 36.6 Å². The second-order valence-electron chi connectivity index (χ2n) is 6.13. The Balaban J connectivity index is 1.63. The first-order valence-electron chi connectivity index (χ1n) is 8.29. The van der Waals surface area contributed by atoms with E-state index in [2.05, 4.69) is 23.5 Å². The van der Waals surface area contributed by atoms with Crippen molar-refractivity contribution in [2.75, 3.05) is 18.4 Å². The fourth-order valence-electron chi connectivity index (χ4n) is 2.94. The molecule has 1 aliphatic rings. The predicted molar refractivity (Wildman–Crippen MR) is 95.1 cm³/mol. The monoisotopic (exact) mass is 342 g/mol. The van der Waals surface area contributed by atoms with Crippen LogP contribution in [0.3, 0.4) is 0 Å². The number of rotatable bonds is 4. The van der Waals surface area contributed by atoms with Crippen LogP contribution in [0.15, 0.2) is 54.6 Å². The van der Waals surface area contributed by atoms with Crippen LogP contribution in [0, 0.1) is 11.6 Å². The smallest absolute Gasteiger partial charge is 0.241 e. The first-order valence-corrected chi connectivity index (χ1v) is 8.29. The van der Waals surface area contributed by atoms with Crippen LogP contribution in [-0.2, 0) is 4.79 Å². The molecule has 0 aromatic heterocycles. The predicted octanol–water partition coefficient (Wildman–Crippen LogP) is 4.08. The van der Waals surface area contributed by atoms with Crippen LogP contribution in [0.1, 0.15) is 18.9 Å². The van der Waals surface area contributed by atoms with Gasteiger partial charge in [-0.2, -0.15) is 0 Å². The van der Waals surface area contributed by atoms with Gasteiger partial charge in [0.2, 0.25) is 5.91 Å². The molecule has 2 aromatic carbocycles. The Hall–Kier alpha value is -2.53. The summed E-state index contributed by atoms with van der Waals surface area (Å²) in [5.74, 6) is -1.74. The standard InChI is InChI=1S/C20H20F2N2O/c1-14(20(25)23-19-8-7-17(21)13-18(19)22)24-11-9-16(10-12-24)15-5-3-2-4-6-15/h2-9,13-14H,10-12H2,1H3,(H,23,25)/t14-/m1/s1. The van der Waals surface area contributed by atoms with Gasteiger partial charge in [0.25, 0.3) is 0 Å². The summed E-state index contributed by atoms with van der Waals surface area (Å²) in [4.78, 5) is 14.4. The van der Waals surface area contributed by atoms with Gasteiger partial charge in [0.05, 0.1) is 11.7 Å². The number of amides is 1. The highest BCUT2D eigenvalue weighted by molar-refractivity contribution is 5.94. The summed E-state index contributed by atoms with van der Waals surface area (Å²) in [7, 11) is 0. The molecule has 0 aliphatic carbocycles. The Bertz CT molecular complexity index is 790. The van der Waals surface area contributed by atoms with Crippen molar-refractivity contribution in [1.82, 2.24) is 4.90 Å². The van der Waals surface area contributed by atoms with Gasteiger partial charge in [0, 0.05) is 19.2 Å². The summed E-state index contributed by atoms with van der Waals surface area (Å²) in [6.07, 6.45) is 2.98. The van der Waals surface area contributed by atoms with Crippen LogP contribution in [-0.4, -0.2) is 29.9 Å². The molecule has 0 bridgehead atoms. The number of nitrogens with one attached hydrogen (secondary N) is 1. The number of carbonyl (C=O) groups is 1. The lowest BCUT2D eigenvalue weighted by atomic mass is 9.99. The van der Waals surface area contributed by atoms with E-state index in [1.807, 2.05) is 23.1 Å². The van der Waals surface area contributed by atoms with E-state index in [9.17, 15) is 13.6 Å². The first-order chi connectivity index (χ1) is 12.0. The van der Waals surface area contributed by atoms with Gasteiger partial charge in [-0.3, -0.25) is 9.69 Å². The van der Waals surface area contributed by atoms with E-state index in [0.29, 0.717) is 6.54 Å². The summed E-state index contributed by atoms with van der Waals surface area (Å²) >= 11 is 0. The maximum absolute atomic E-state index is 13.7. The van der Waals surface area contributed by atoms with Gasteiger partial charge in [-0.25, -0.2) is 8.78 Å². The van der Waals surface area contributed by atoms with Gasteiger partial charge in [0.15, 0.2) is 0 Å². The van der Waals surface area contributed by atoms with Crippen LogP contribution in [0.4, 0.5) is 14.5 Å². The van der Waals surface area contributed by atoms with Gasteiger partial charge in [-0.1, -0.05) is 36.4 Å². The summed E-state index contributed by atoms with van der Waals surface area (Å²) in [5, 5.41) is 2.53. The maximum Gasteiger partial charge on any atom is 0.241 e. The summed E-state index contributed by atoms with van der Waals surface area (Å²) < 4.78 is 26.6. The van der Waals surface area contributed by atoms with Crippen molar-refractivity contribution in [3.63, 3.8) is 0 Å². The molecule has 5 heteroatoms. The van der Waals surface area contributed by atoms with E-state index in [-0.39, 0.29) is 11.6 Å². The number of carbonyl (C=O) groups excluding carboxylic acids is 1. The third-order valence-corrected chi connectivity index (χ3v) is 4.50. The van der Waals surface area contributed by atoms with Crippen molar-refractivity contribution in [1.29, 1.82) is 0 Å². The number of halogens is 2. The third-order valence-electron chi connectivity index (χ3n) is 4.50. The van der Waals surface area contributed by atoms with E-state index in [1.54, 1.807) is 6.92 Å². The molecule has 0 spiro atoms. The van der Waals surface area contributed by atoms with Crippen molar-refractivity contribution in [2.24, 2.45) is 0 Å². The SMILES string of the molecule is C[C@H](C(=O)Nc1ccc(F)cc1F)N1CC=C(c2ccccc2)CC1. The zero-order valence-corrected chi connectivity index (χ0v) is 14.0. The Morgan fingerprint density at radius 1 is 1.16 bits per heavy atom. The second-order valence-corrected chi connectivity index (χ2v) is 6.13. The quantitative estimate of drug-likeness (QED) is 0.908. The third kappa shape index (κ3) is 4.12. The maximum atomic E-state index is 13.7. The molecule has 2 aromatic rings. The lowest BCUT2D eigenvalue weighted by Gasteiger charge is -2.31. The number of anilines is 1. The van der Waals surface area contributed by atoms with Crippen LogP contribution in [0.25, 0.3) is 5.57 Å². The highest BCUT2D eigenvalue weighted by atomic mass is 19.1. The largest absolute Gasteiger partial charge is 0.322 e. The zero-order valence-electron chi connectivity index (χ0n) is 14.0. The Labute approximate surface area is 146 Å². The molecule has 1 N–H and O–H groups in total. The molecule has 0 saturated carbocycles. The van der Waals surface area contributed by atoms with Gasteiger partial charge in [-0.15, -0.1) is 0 Å². The van der Waals surface area contributed by atoms with Gasteiger partial charge in [0.1, 0.15) is 11.6 Å². The molecular weight excluding hydrogens is 322 g/mol. The highest BCUT2D eigenvalue weighted by Gasteiger charge is 2.24. The minimum absolute atomic E-state index is 0.00391. The van der Waals surface area contributed by atoms with E-state index < -0.39 is 17.7 Å². The van der Waals surface area contributed by atoms with Crippen molar-refractivity contribution >= 4 is 17.2 Å². The zero-order chi connectivity index (χ0) is 17.8. The van der Waals surface area contributed by atoms with Gasteiger partial charge >= 0.3 is 0 Å². The average Bonchev–Trinajstić information content (AvgIpc) is 2.64. The molecule has 1 amide bonds. The summed E-state index contributed by atoms with van der Waals surface area (Å²) in [5.41, 5.74) is 2.47. The molecule has 25 heavy (non-hydrogen) atoms. The summed E-state index contributed by atoms with van der Waals surface area (Å²) in [6.45, 7) is 3.20. The van der Waals surface area contributed by atoms with Crippen LogP contribution < -0.4 is 5.32 Å². The van der Waals surface area contributed by atoms with Crippen molar-refractivity contribution in [2.45, 2.75) is 19.4 Å². The molecule has 0 radical (unpaired) electrons. The molecule has 3 rings (SSSR count). The Morgan fingerprint density at radius 2 is 1.92 bits per heavy atom. The minimum atomic E-state index is -0.773. The van der Waals surface area contributed by atoms with Gasteiger partial charge < -0.3 is 5.32 Å². The minimum Gasteiger partial charge on any atom is -0.322 e. The van der Waals surface area contributed by atoms with Crippen molar-refractivity contribution in [3.8, 4) is 0 Å². The second kappa shape index (κ2) is 7.57. The molecule has 1 atom stereocenters. The van der Waals surface area contributed by atoms with E-state index in [4.69, 9.17) is 0 Å². The molecule has 0 fully saturated rings. The van der Waals surface area contributed by atoms with Crippen LogP contribution >= 0.6 is 0 Å². The fraction of sp³-hybridized carbons (Fsp3) is 0.250. The topological polar surface area (TPSA) is 32.3 Å². The summed E-state index contributed by atoms with van der Waals surface area (Å²) in [6, 6.07) is 12.9. The van der Waals surface area contributed by atoms with Crippen molar-refractivity contribution in [3.05, 3.63) is 71.8 Å². The lowest BCUT2D eigenvalue weighted by molar-refractivity contribution is -0.120. The molecular formula is C20H20F2N2O. The molecule has 1 heterocycles. The number of benzene rings is 2. The van der Waals surface area contributed by atoms with Crippen molar-refractivity contribution < 1.29 is 13.6 Å². The molecule has 3 nitrogen and oxygen atoms in total. The lowest BCUT2D eigenvalue weighted by Crippen LogP contribution is -2.44. The Kier molecular flexibility index (Phi) is 5.24. The number of hydrogen-bond donors (Lipinski definition) is 1. The molecule has 130 valence electrons. The molecule has 0 saturated heterocycles. The van der Waals surface area contributed by atoms with Crippen LogP contribution in [0.2, 0.25) is 0 Å². The van der Waals surface area contributed by atoms with E-state index in [1.165, 1.54) is 17.2 Å².